The fourth-order valence-electron chi connectivity index (χ4n) is 0.521. The first-order valence-electron chi connectivity index (χ1n) is 3.26. The van der Waals surface area contributed by atoms with Gasteiger partial charge < -0.3 is 4.74 Å². The zero-order valence-electron chi connectivity index (χ0n) is 6.00. The van der Waals surface area contributed by atoms with Crippen molar-refractivity contribution in [2.75, 3.05) is 13.2 Å². The van der Waals surface area contributed by atoms with E-state index in [0.29, 0.717) is 19.4 Å². The highest BCUT2D eigenvalue weighted by Gasteiger charge is 1.99. The summed E-state index contributed by atoms with van der Waals surface area (Å²) in [6.07, 6.45) is 0.780. The summed E-state index contributed by atoms with van der Waals surface area (Å²) in [7, 11) is 0. The molecule has 0 atom stereocenters. The van der Waals surface area contributed by atoms with Gasteiger partial charge in [-0.15, -0.1) is 0 Å². The average Bonchev–Trinajstić information content (AvgIpc) is 1.89. The molecule has 0 aliphatic carbocycles. The van der Waals surface area contributed by atoms with Gasteiger partial charge in [-0.1, -0.05) is 5.18 Å². The maximum Gasteiger partial charge on any atom is 0.305 e. The SMILES string of the molecule is CCOC(=O)CCCN=O. The van der Waals surface area contributed by atoms with E-state index in [1.165, 1.54) is 0 Å². The first kappa shape index (κ1) is 9.07. The standard InChI is InChI=1S/C6H11NO3/c1-2-10-6(8)4-3-5-7-9/h2-5H2,1H3. The van der Waals surface area contributed by atoms with Crippen LogP contribution < -0.4 is 0 Å². The van der Waals surface area contributed by atoms with Gasteiger partial charge in [0.1, 0.15) is 0 Å². The molecule has 0 unspecified atom stereocenters. The van der Waals surface area contributed by atoms with Crippen LogP contribution in [-0.4, -0.2) is 19.1 Å². The normalized spacial score (nSPS) is 8.90. The smallest absolute Gasteiger partial charge is 0.305 e. The number of hydrogen-bond donors (Lipinski definition) is 0. The van der Waals surface area contributed by atoms with Crippen molar-refractivity contribution in [1.82, 2.24) is 0 Å². The van der Waals surface area contributed by atoms with Crippen LogP contribution in [0.5, 0.6) is 0 Å². The predicted molar refractivity (Wildman–Crippen MR) is 36.5 cm³/mol. The molecule has 0 aromatic rings. The monoisotopic (exact) mass is 145 g/mol. The molecule has 0 N–H and O–H groups in total. The summed E-state index contributed by atoms with van der Waals surface area (Å²) in [6, 6.07) is 0. The number of rotatable bonds is 5. The summed E-state index contributed by atoms with van der Waals surface area (Å²) in [5, 5.41) is 2.61. The molecule has 0 saturated heterocycles. The molecule has 0 amide bonds. The van der Waals surface area contributed by atoms with Gasteiger partial charge >= 0.3 is 5.97 Å². The lowest BCUT2D eigenvalue weighted by molar-refractivity contribution is -0.143. The third kappa shape index (κ3) is 5.21. The van der Waals surface area contributed by atoms with Crippen molar-refractivity contribution in [2.45, 2.75) is 19.8 Å². The minimum Gasteiger partial charge on any atom is -0.466 e. The molecular weight excluding hydrogens is 134 g/mol. The molecule has 0 heterocycles. The van der Waals surface area contributed by atoms with Crippen LogP contribution in [0.25, 0.3) is 0 Å². The van der Waals surface area contributed by atoms with Crippen molar-refractivity contribution < 1.29 is 9.53 Å². The van der Waals surface area contributed by atoms with Gasteiger partial charge in [0.15, 0.2) is 0 Å². The fraction of sp³-hybridized carbons (Fsp3) is 0.833. The first-order valence-corrected chi connectivity index (χ1v) is 3.26. The number of nitroso groups, excluding NO2 is 1. The van der Waals surface area contributed by atoms with Crippen molar-refractivity contribution in [2.24, 2.45) is 5.18 Å². The highest BCUT2D eigenvalue weighted by Crippen LogP contribution is 1.92. The van der Waals surface area contributed by atoms with Crippen molar-refractivity contribution in [3.05, 3.63) is 4.91 Å². The van der Waals surface area contributed by atoms with Crippen LogP contribution in [0.3, 0.4) is 0 Å². The topological polar surface area (TPSA) is 55.7 Å². The molecule has 4 nitrogen and oxygen atoms in total. The lowest BCUT2D eigenvalue weighted by Crippen LogP contribution is -2.03. The van der Waals surface area contributed by atoms with E-state index >= 15 is 0 Å². The third-order valence-corrected chi connectivity index (χ3v) is 0.936. The van der Waals surface area contributed by atoms with Crippen molar-refractivity contribution in [3.8, 4) is 0 Å². The van der Waals surface area contributed by atoms with E-state index in [-0.39, 0.29) is 12.5 Å². The minimum absolute atomic E-state index is 0.193. The lowest BCUT2D eigenvalue weighted by Gasteiger charge is -1.97. The third-order valence-electron chi connectivity index (χ3n) is 0.936. The quantitative estimate of drug-likeness (QED) is 0.330. The second-order valence-corrected chi connectivity index (χ2v) is 1.76. The lowest BCUT2D eigenvalue weighted by atomic mass is 10.3. The Hall–Kier alpha value is -0.930. The van der Waals surface area contributed by atoms with Gasteiger partial charge in [0, 0.05) is 6.42 Å². The Bertz CT molecular complexity index is 114. The number of carbonyl (C=O) groups excluding carboxylic acids is 1. The molecule has 0 radical (unpaired) electrons. The van der Waals surface area contributed by atoms with E-state index in [4.69, 9.17) is 0 Å². The molecule has 0 saturated carbocycles. The molecule has 0 aliphatic heterocycles. The Morgan fingerprint density at radius 3 is 2.80 bits per heavy atom. The van der Waals surface area contributed by atoms with E-state index in [1.807, 2.05) is 0 Å². The Morgan fingerprint density at radius 1 is 1.60 bits per heavy atom. The summed E-state index contributed by atoms with van der Waals surface area (Å²) in [5.74, 6) is -0.258. The Labute approximate surface area is 59.5 Å². The van der Waals surface area contributed by atoms with E-state index < -0.39 is 0 Å². The Morgan fingerprint density at radius 2 is 2.30 bits per heavy atom. The average molecular weight is 145 g/mol. The number of nitrogens with zero attached hydrogens (tertiary/aromatic N) is 1. The van der Waals surface area contributed by atoms with Crippen molar-refractivity contribution in [1.29, 1.82) is 0 Å². The summed E-state index contributed by atoms with van der Waals surface area (Å²) in [6.45, 7) is 2.34. The van der Waals surface area contributed by atoms with Crippen LogP contribution in [0.1, 0.15) is 19.8 Å². The van der Waals surface area contributed by atoms with Gasteiger partial charge in [0.2, 0.25) is 0 Å². The van der Waals surface area contributed by atoms with Crippen molar-refractivity contribution >= 4 is 5.97 Å². The molecule has 0 fully saturated rings. The molecule has 0 aromatic heterocycles. The number of hydrogen-bond acceptors (Lipinski definition) is 4. The molecule has 58 valence electrons. The molecule has 0 aromatic carbocycles. The zero-order valence-corrected chi connectivity index (χ0v) is 6.00. The van der Waals surface area contributed by atoms with E-state index in [9.17, 15) is 9.70 Å². The summed E-state index contributed by atoms with van der Waals surface area (Å²) in [5.41, 5.74) is 0. The van der Waals surface area contributed by atoms with Gasteiger partial charge in [0.25, 0.3) is 0 Å². The van der Waals surface area contributed by atoms with E-state index in [0.717, 1.165) is 0 Å². The molecule has 0 aliphatic rings. The van der Waals surface area contributed by atoms with Crippen LogP contribution >= 0.6 is 0 Å². The van der Waals surface area contributed by atoms with Crippen LogP contribution in [-0.2, 0) is 9.53 Å². The zero-order chi connectivity index (χ0) is 7.82. The Kier molecular flexibility index (Phi) is 5.62. The first-order chi connectivity index (χ1) is 4.81. The van der Waals surface area contributed by atoms with Crippen LogP contribution in [0, 0.1) is 4.91 Å². The van der Waals surface area contributed by atoms with Crippen molar-refractivity contribution in [3.63, 3.8) is 0 Å². The molecule has 0 bridgehead atoms. The van der Waals surface area contributed by atoms with Crippen LogP contribution in [0.15, 0.2) is 5.18 Å². The van der Waals surface area contributed by atoms with Gasteiger partial charge in [-0.3, -0.25) is 4.79 Å². The maximum absolute atomic E-state index is 10.6. The van der Waals surface area contributed by atoms with Crippen LogP contribution in [0.4, 0.5) is 0 Å². The van der Waals surface area contributed by atoms with E-state index in [2.05, 4.69) is 9.91 Å². The van der Waals surface area contributed by atoms with Crippen LogP contribution in [0.2, 0.25) is 0 Å². The second-order valence-electron chi connectivity index (χ2n) is 1.76. The minimum atomic E-state index is -0.258. The largest absolute Gasteiger partial charge is 0.466 e. The maximum atomic E-state index is 10.6. The molecule has 0 spiro atoms. The summed E-state index contributed by atoms with van der Waals surface area (Å²) >= 11 is 0. The van der Waals surface area contributed by atoms with Gasteiger partial charge in [-0.2, -0.15) is 4.91 Å². The molecule has 0 rings (SSSR count). The fourth-order valence-corrected chi connectivity index (χ4v) is 0.521. The summed E-state index contributed by atoms with van der Waals surface area (Å²) < 4.78 is 4.61. The summed E-state index contributed by atoms with van der Waals surface area (Å²) in [4.78, 5) is 20.1. The van der Waals surface area contributed by atoms with Gasteiger partial charge in [-0.25, -0.2) is 0 Å². The molecular formula is C6H11NO3. The molecule has 10 heavy (non-hydrogen) atoms. The highest BCUT2D eigenvalue weighted by molar-refractivity contribution is 5.69. The second kappa shape index (κ2) is 6.19. The number of carbonyl (C=O) groups is 1. The number of esters is 1. The van der Waals surface area contributed by atoms with Gasteiger partial charge in [0.05, 0.1) is 13.2 Å². The highest BCUT2D eigenvalue weighted by atomic mass is 16.5. The van der Waals surface area contributed by atoms with Gasteiger partial charge in [-0.05, 0) is 13.3 Å². The predicted octanol–water partition coefficient (Wildman–Crippen LogP) is 1.10. The molecule has 4 heteroatoms. The Balaban J connectivity index is 3.13. The van der Waals surface area contributed by atoms with E-state index in [1.54, 1.807) is 6.92 Å². The number of ether oxygens (including phenoxy) is 1.